The van der Waals surface area contributed by atoms with Crippen LogP contribution in [0.15, 0.2) is 50.2 Å². The van der Waals surface area contributed by atoms with Gasteiger partial charge in [0.15, 0.2) is 0 Å². The standard InChI is InChI=1S/C17H19BrN4O3S2/c18-12-4-5-15(17(23)22-6-8-25-9-7-22)16(10-12)21-27(24)14-3-1-2-13(11-14)20-26-19/h1-5,10,21H,6-9,11,19H2/b20-13-. The van der Waals surface area contributed by atoms with Crippen LogP contribution < -0.4 is 9.86 Å². The Morgan fingerprint density at radius 2 is 2.15 bits per heavy atom. The molecule has 0 saturated carbocycles. The van der Waals surface area contributed by atoms with Gasteiger partial charge in [0.05, 0.1) is 42.3 Å². The average Bonchev–Trinajstić information content (AvgIpc) is 2.69. The van der Waals surface area contributed by atoms with Gasteiger partial charge in [0, 0.05) is 28.9 Å². The van der Waals surface area contributed by atoms with E-state index in [1.54, 1.807) is 35.3 Å². The Morgan fingerprint density at radius 3 is 2.89 bits per heavy atom. The number of carbonyl (C=O) groups excluding carboxylic acids is 1. The van der Waals surface area contributed by atoms with E-state index in [9.17, 15) is 9.00 Å². The Morgan fingerprint density at radius 1 is 1.37 bits per heavy atom. The number of nitrogens with two attached hydrogens (primary N) is 1. The Kier molecular flexibility index (Phi) is 7.25. The quantitative estimate of drug-likeness (QED) is 0.644. The lowest BCUT2D eigenvalue weighted by Gasteiger charge is -2.27. The molecule has 1 aromatic carbocycles. The van der Waals surface area contributed by atoms with E-state index in [1.807, 2.05) is 6.08 Å². The van der Waals surface area contributed by atoms with Crippen LogP contribution in [0.1, 0.15) is 16.8 Å². The van der Waals surface area contributed by atoms with Crippen molar-refractivity contribution in [2.45, 2.75) is 6.42 Å². The molecule has 1 atom stereocenters. The predicted octanol–water partition coefficient (Wildman–Crippen LogP) is 2.80. The maximum atomic E-state index is 12.9. The van der Waals surface area contributed by atoms with Crippen LogP contribution in [0.25, 0.3) is 0 Å². The molecule has 144 valence electrons. The molecule has 3 rings (SSSR count). The van der Waals surface area contributed by atoms with Crippen LogP contribution >= 0.6 is 28.1 Å². The summed E-state index contributed by atoms with van der Waals surface area (Å²) in [4.78, 5) is 15.3. The first kappa shape index (κ1) is 20.3. The van der Waals surface area contributed by atoms with Gasteiger partial charge in [-0.25, -0.2) is 8.61 Å². The summed E-state index contributed by atoms with van der Waals surface area (Å²) < 4.78 is 26.0. The lowest BCUT2D eigenvalue weighted by atomic mass is 10.1. The van der Waals surface area contributed by atoms with Gasteiger partial charge in [0.1, 0.15) is 11.0 Å². The van der Waals surface area contributed by atoms with Crippen molar-refractivity contribution in [3.05, 3.63) is 51.4 Å². The van der Waals surface area contributed by atoms with Crippen LogP contribution in [0.2, 0.25) is 0 Å². The van der Waals surface area contributed by atoms with E-state index in [1.165, 1.54) is 0 Å². The third-order valence-electron chi connectivity index (χ3n) is 4.05. The van der Waals surface area contributed by atoms with Crippen molar-refractivity contribution in [2.24, 2.45) is 9.54 Å². The summed E-state index contributed by atoms with van der Waals surface area (Å²) in [7, 11) is -1.51. The normalized spacial score (nSPS) is 19.7. The van der Waals surface area contributed by atoms with E-state index >= 15 is 0 Å². The number of morpholine rings is 1. The van der Waals surface area contributed by atoms with Gasteiger partial charge in [-0.3, -0.25) is 9.93 Å². The number of allylic oxidation sites excluding steroid dienone is 4. The molecule has 1 unspecified atom stereocenters. The van der Waals surface area contributed by atoms with Crippen LogP contribution in [0, 0.1) is 0 Å². The van der Waals surface area contributed by atoms with Gasteiger partial charge in [-0.2, -0.15) is 0 Å². The molecule has 3 N–H and O–H groups in total. The number of hydrogen-bond acceptors (Lipinski definition) is 6. The summed E-state index contributed by atoms with van der Waals surface area (Å²) in [5.41, 5.74) is 1.74. The van der Waals surface area contributed by atoms with Gasteiger partial charge >= 0.3 is 0 Å². The smallest absolute Gasteiger partial charge is 0.256 e. The Balaban J connectivity index is 1.80. The van der Waals surface area contributed by atoms with E-state index < -0.39 is 11.0 Å². The highest BCUT2D eigenvalue weighted by molar-refractivity contribution is 9.10. The number of carbonyl (C=O) groups is 1. The first-order chi connectivity index (χ1) is 13.1. The first-order valence-corrected chi connectivity index (χ1v) is 11.0. The number of ether oxygens (including phenoxy) is 1. The highest BCUT2D eigenvalue weighted by atomic mass is 79.9. The Bertz CT molecular complexity index is 835. The van der Waals surface area contributed by atoms with Gasteiger partial charge in [0.25, 0.3) is 5.91 Å². The molecular weight excluding hydrogens is 452 g/mol. The Labute approximate surface area is 173 Å². The molecule has 10 heteroatoms. The molecule has 0 spiro atoms. The number of nitrogens with zero attached hydrogens (tertiary/aromatic N) is 2. The molecule has 2 aliphatic rings. The molecule has 0 bridgehead atoms. The monoisotopic (exact) mass is 470 g/mol. The molecule has 1 saturated heterocycles. The second kappa shape index (κ2) is 9.65. The minimum absolute atomic E-state index is 0.107. The molecular formula is C17H19BrN4O3S2. The summed E-state index contributed by atoms with van der Waals surface area (Å²) >= 11 is 4.29. The molecule has 27 heavy (non-hydrogen) atoms. The van der Waals surface area contributed by atoms with Crippen molar-refractivity contribution >= 4 is 56.4 Å². The summed E-state index contributed by atoms with van der Waals surface area (Å²) in [6, 6.07) is 5.29. The zero-order valence-electron chi connectivity index (χ0n) is 14.4. The lowest BCUT2D eigenvalue weighted by molar-refractivity contribution is 0.0303. The van der Waals surface area contributed by atoms with Gasteiger partial charge in [-0.05, 0) is 30.4 Å². The second-order valence-electron chi connectivity index (χ2n) is 5.82. The fraction of sp³-hybridized carbons (Fsp3) is 0.294. The van der Waals surface area contributed by atoms with Crippen LogP contribution in [-0.4, -0.2) is 47.0 Å². The second-order valence-corrected chi connectivity index (χ2v) is 8.40. The molecule has 1 amide bonds. The maximum Gasteiger partial charge on any atom is 0.256 e. The van der Waals surface area contributed by atoms with Crippen molar-refractivity contribution in [1.29, 1.82) is 0 Å². The minimum atomic E-state index is -1.51. The number of hydrogen-bond donors (Lipinski definition) is 2. The van der Waals surface area contributed by atoms with E-state index in [-0.39, 0.29) is 5.91 Å². The molecule has 0 aromatic heterocycles. The Hall–Kier alpha value is -1.46. The summed E-state index contributed by atoms with van der Waals surface area (Å²) in [5.74, 6) is -0.107. The van der Waals surface area contributed by atoms with E-state index in [4.69, 9.17) is 9.88 Å². The predicted molar refractivity (Wildman–Crippen MR) is 114 cm³/mol. The molecule has 1 heterocycles. The molecule has 1 aliphatic heterocycles. The third-order valence-corrected chi connectivity index (χ3v) is 6.04. The molecule has 0 radical (unpaired) electrons. The highest BCUT2D eigenvalue weighted by Crippen LogP contribution is 2.26. The number of rotatable bonds is 5. The SMILES string of the molecule is NS/N=C1/C=CC=C(S(=O)Nc2cc(Br)ccc2C(=O)N2CCOCC2)C1. The molecule has 1 aliphatic carbocycles. The van der Waals surface area contributed by atoms with Crippen molar-refractivity contribution in [1.82, 2.24) is 4.90 Å². The first-order valence-electron chi connectivity index (χ1n) is 8.23. The van der Waals surface area contributed by atoms with Crippen LogP contribution in [0.4, 0.5) is 5.69 Å². The van der Waals surface area contributed by atoms with Crippen LogP contribution in [-0.2, 0) is 15.7 Å². The van der Waals surface area contributed by atoms with Gasteiger partial charge in [0.2, 0.25) is 0 Å². The fourth-order valence-electron chi connectivity index (χ4n) is 2.71. The number of benzene rings is 1. The van der Waals surface area contributed by atoms with Crippen molar-refractivity contribution in [3.63, 3.8) is 0 Å². The highest BCUT2D eigenvalue weighted by Gasteiger charge is 2.22. The molecule has 7 nitrogen and oxygen atoms in total. The van der Waals surface area contributed by atoms with Crippen LogP contribution in [0.5, 0.6) is 0 Å². The van der Waals surface area contributed by atoms with Gasteiger partial charge < -0.3 is 14.4 Å². The largest absolute Gasteiger partial charge is 0.378 e. The van der Waals surface area contributed by atoms with Gasteiger partial charge in [-0.1, -0.05) is 22.0 Å². The minimum Gasteiger partial charge on any atom is -0.378 e. The third kappa shape index (κ3) is 5.29. The zero-order valence-corrected chi connectivity index (χ0v) is 17.6. The number of anilines is 1. The lowest BCUT2D eigenvalue weighted by Crippen LogP contribution is -2.41. The fourth-order valence-corrected chi connectivity index (χ4v) is 4.31. The van der Waals surface area contributed by atoms with Crippen LogP contribution in [0.3, 0.4) is 0 Å². The van der Waals surface area contributed by atoms with Crippen molar-refractivity contribution < 1.29 is 13.7 Å². The topological polar surface area (TPSA) is 97.0 Å². The summed E-state index contributed by atoms with van der Waals surface area (Å²) in [5, 5.41) is 5.37. The van der Waals surface area contributed by atoms with E-state index in [2.05, 4.69) is 25.0 Å². The number of amides is 1. The molecule has 1 fully saturated rings. The van der Waals surface area contributed by atoms with Crippen molar-refractivity contribution in [3.8, 4) is 0 Å². The van der Waals surface area contributed by atoms with E-state index in [0.29, 0.717) is 48.9 Å². The van der Waals surface area contributed by atoms with Crippen molar-refractivity contribution in [2.75, 3.05) is 31.0 Å². The summed E-state index contributed by atoms with van der Waals surface area (Å²) in [6.07, 6.45) is 5.83. The molecule has 1 aromatic rings. The van der Waals surface area contributed by atoms with Gasteiger partial charge in [-0.15, -0.1) is 0 Å². The summed E-state index contributed by atoms with van der Waals surface area (Å²) in [6.45, 7) is 2.14. The maximum absolute atomic E-state index is 12.9. The number of halogens is 1. The zero-order chi connectivity index (χ0) is 19.2. The number of nitrogens with one attached hydrogen (secondary N) is 1. The van der Waals surface area contributed by atoms with E-state index in [0.717, 1.165) is 22.3 Å². The average molecular weight is 471 g/mol.